The number of hydrazine groups is 1. The van der Waals surface area contributed by atoms with E-state index in [1.54, 1.807) is 31.2 Å². The quantitative estimate of drug-likeness (QED) is 0.681. The predicted molar refractivity (Wildman–Crippen MR) is 110 cm³/mol. The molecule has 3 saturated heterocycles. The van der Waals surface area contributed by atoms with Gasteiger partial charge in [0.15, 0.2) is 0 Å². The third kappa shape index (κ3) is 4.56. The first-order chi connectivity index (χ1) is 14.9. The van der Waals surface area contributed by atoms with Crippen LogP contribution in [0.5, 0.6) is 0 Å². The van der Waals surface area contributed by atoms with Crippen LogP contribution in [0.1, 0.15) is 49.4 Å². The minimum absolute atomic E-state index is 0.132. The zero-order valence-electron chi connectivity index (χ0n) is 17.6. The summed E-state index contributed by atoms with van der Waals surface area (Å²) in [7, 11) is 0. The normalized spacial score (nSPS) is 29.0. The number of benzene rings is 1. The lowest BCUT2D eigenvalue weighted by atomic mass is 10.0. The summed E-state index contributed by atoms with van der Waals surface area (Å²) in [5.41, 5.74) is 0.490. The topological polar surface area (TPSA) is 108 Å². The van der Waals surface area contributed by atoms with E-state index in [4.69, 9.17) is 4.74 Å². The molecular weight excluding hydrogens is 400 g/mol. The highest BCUT2D eigenvalue weighted by Crippen LogP contribution is 2.25. The molecule has 4 rings (SSSR count). The Hall–Kier alpha value is -2.94. The fraction of sp³-hybridized carbons (Fsp3) is 0.545. The molecule has 0 bridgehead atoms. The summed E-state index contributed by atoms with van der Waals surface area (Å²) in [6.45, 7) is 3.08. The smallest absolute Gasteiger partial charge is 0.308 e. The monoisotopic (exact) mass is 428 g/mol. The maximum atomic E-state index is 13.4. The largest absolute Gasteiger partial charge is 0.460 e. The van der Waals surface area contributed by atoms with Gasteiger partial charge in [-0.2, -0.15) is 0 Å². The van der Waals surface area contributed by atoms with Crippen molar-refractivity contribution in [1.29, 1.82) is 0 Å². The number of cyclic esters (lactones) is 1. The summed E-state index contributed by atoms with van der Waals surface area (Å²) >= 11 is 0. The molecule has 0 aromatic heterocycles. The number of esters is 1. The number of ether oxygens (including phenoxy) is 1. The number of carbonyl (C=O) groups is 4. The molecule has 4 atom stereocenters. The van der Waals surface area contributed by atoms with Crippen LogP contribution in [-0.2, 0) is 19.1 Å². The van der Waals surface area contributed by atoms with Gasteiger partial charge in [0.25, 0.3) is 11.8 Å². The summed E-state index contributed by atoms with van der Waals surface area (Å²) in [4.78, 5) is 50.7. The summed E-state index contributed by atoms with van der Waals surface area (Å²) in [6.07, 6.45) is 2.31. The zero-order valence-corrected chi connectivity index (χ0v) is 17.6. The number of hydrogen-bond acceptors (Lipinski definition) is 6. The number of nitrogens with one attached hydrogen (secondary N) is 2. The Labute approximate surface area is 181 Å². The average molecular weight is 428 g/mol. The molecule has 3 aliphatic rings. The van der Waals surface area contributed by atoms with Crippen LogP contribution in [0.4, 0.5) is 0 Å². The van der Waals surface area contributed by atoms with Gasteiger partial charge >= 0.3 is 5.97 Å². The van der Waals surface area contributed by atoms with E-state index >= 15 is 0 Å². The first-order valence-electron chi connectivity index (χ1n) is 10.9. The second-order valence-corrected chi connectivity index (χ2v) is 8.34. The lowest BCUT2D eigenvalue weighted by molar-refractivity contribution is -0.167. The Morgan fingerprint density at radius 2 is 1.74 bits per heavy atom. The molecule has 1 aromatic rings. The molecule has 3 aliphatic heterocycles. The minimum atomic E-state index is -0.693. The molecule has 3 amide bonds. The Bertz CT molecular complexity index is 861. The number of rotatable bonds is 4. The Morgan fingerprint density at radius 1 is 1.03 bits per heavy atom. The van der Waals surface area contributed by atoms with E-state index in [-0.39, 0.29) is 30.1 Å². The van der Waals surface area contributed by atoms with Crippen LogP contribution in [0, 0.1) is 0 Å². The minimum Gasteiger partial charge on any atom is -0.460 e. The molecule has 9 heteroatoms. The molecule has 0 aliphatic carbocycles. The van der Waals surface area contributed by atoms with E-state index < -0.39 is 24.2 Å². The SMILES string of the molecule is CC1OC(=O)CC1NC(=O)C1CCCN2CCCC(NC(=O)c3ccccc3)C(=O)N12. The Morgan fingerprint density at radius 3 is 2.42 bits per heavy atom. The molecule has 0 spiro atoms. The van der Waals surface area contributed by atoms with Gasteiger partial charge in [0, 0.05) is 18.7 Å². The van der Waals surface area contributed by atoms with E-state index in [9.17, 15) is 19.2 Å². The van der Waals surface area contributed by atoms with Crippen molar-refractivity contribution >= 4 is 23.7 Å². The highest BCUT2D eigenvalue weighted by atomic mass is 16.6. The number of hydrogen-bond donors (Lipinski definition) is 2. The highest BCUT2D eigenvalue weighted by Gasteiger charge is 2.43. The van der Waals surface area contributed by atoms with Crippen LogP contribution in [0.3, 0.4) is 0 Å². The molecule has 0 saturated carbocycles. The van der Waals surface area contributed by atoms with Gasteiger partial charge in [-0.1, -0.05) is 18.2 Å². The third-order valence-corrected chi connectivity index (χ3v) is 6.17. The molecule has 3 fully saturated rings. The predicted octanol–water partition coefficient (Wildman–Crippen LogP) is 0.607. The van der Waals surface area contributed by atoms with Crippen molar-refractivity contribution in [3.05, 3.63) is 35.9 Å². The van der Waals surface area contributed by atoms with Crippen LogP contribution in [-0.4, -0.2) is 71.0 Å². The lowest BCUT2D eigenvalue weighted by Crippen LogP contribution is -2.63. The Kier molecular flexibility index (Phi) is 6.22. The van der Waals surface area contributed by atoms with Gasteiger partial charge < -0.3 is 15.4 Å². The number of amides is 3. The van der Waals surface area contributed by atoms with E-state index in [0.717, 1.165) is 12.8 Å². The molecule has 31 heavy (non-hydrogen) atoms. The van der Waals surface area contributed by atoms with Crippen molar-refractivity contribution in [1.82, 2.24) is 20.7 Å². The molecule has 1 aromatic carbocycles. The van der Waals surface area contributed by atoms with Gasteiger partial charge in [-0.3, -0.25) is 24.2 Å². The highest BCUT2D eigenvalue weighted by molar-refractivity contribution is 5.98. The van der Waals surface area contributed by atoms with Gasteiger partial charge in [0.2, 0.25) is 5.91 Å². The molecule has 4 unspecified atom stereocenters. The number of nitrogens with zero attached hydrogens (tertiary/aromatic N) is 2. The van der Waals surface area contributed by atoms with Crippen molar-refractivity contribution in [2.45, 2.75) is 63.3 Å². The molecule has 166 valence electrons. The van der Waals surface area contributed by atoms with Gasteiger partial charge in [0.05, 0.1) is 12.5 Å². The molecule has 3 heterocycles. The van der Waals surface area contributed by atoms with E-state index in [0.29, 0.717) is 31.5 Å². The summed E-state index contributed by atoms with van der Waals surface area (Å²) in [6, 6.07) is 7.01. The van der Waals surface area contributed by atoms with Crippen LogP contribution in [0.25, 0.3) is 0 Å². The molecule has 0 radical (unpaired) electrons. The van der Waals surface area contributed by atoms with Gasteiger partial charge in [-0.05, 0) is 44.7 Å². The molecule has 9 nitrogen and oxygen atoms in total. The second kappa shape index (κ2) is 9.05. The van der Waals surface area contributed by atoms with Crippen molar-refractivity contribution in [3.63, 3.8) is 0 Å². The zero-order chi connectivity index (χ0) is 22.0. The van der Waals surface area contributed by atoms with Crippen molar-refractivity contribution < 1.29 is 23.9 Å². The second-order valence-electron chi connectivity index (χ2n) is 8.34. The number of fused-ring (bicyclic) bond motifs is 1. The van der Waals surface area contributed by atoms with Crippen molar-refractivity contribution in [3.8, 4) is 0 Å². The van der Waals surface area contributed by atoms with Crippen molar-refractivity contribution in [2.24, 2.45) is 0 Å². The van der Waals surface area contributed by atoms with E-state index in [2.05, 4.69) is 10.6 Å². The number of carbonyl (C=O) groups excluding carboxylic acids is 4. The first kappa shape index (κ1) is 21.3. The Balaban J connectivity index is 1.48. The van der Waals surface area contributed by atoms with Crippen LogP contribution in [0.15, 0.2) is 30.3 Å². The maximum absolute atomic E-state index is 13.4. The van der Waals surface area contributed by atoms with E-state index in [1.807, 2.05) is 11.1 Å². The maximum Gasteiger partial charge on any atom is 0.308 e. The lowest BCUT2D eigenvalue weighted by Gasteiger charge is -2.43. The third-order valence-electron chi connectivity index (χ3n) is 6.17. The summed E-state index contributed by atoms with van der Waals surface area (Å²) in [5.74, 6) is -1.20. The fourth-order valence-electron chi connectivity index (χ4n) is 4.51. The van der Waals surface area contributed by atoms with Crippen LogP contribution < -0.4 is 10.6 Å². The standard InChI is InChI=1S/C22H28N4O5/c1-14-17(13-19(27)31-14)24-21(29)18-10-6-12-25-11-5-9-16(22(30)26(18)25)23-20(28)15-7-3-2-4-8-15/h2-4,7-8,14,16-18H,5-6,9-13H2,1H3,(H,23,28)(H,24,29). The molecule has 2 N–H and O–H groups in total. The van der Waals surface area contributed by atoms with Crippen molar-refractivity contribution in [2.75, 3.05) is 13.1 Å². The van der Waals surface area contributed by atoms with Gasteiger partial charge in [0.1, 0.15) is 18.2 Å². The van der Waals surface area contributed by atoms with Crippen LogP contribution >= 0.6 is 0 Å². The molecular formula is C22H28N4O5. The van der Waals surface area contributed by atoms with Gasteiger partial charge in [-0.15, -0.1) is 0 Å². The van der Waals surface area contributed by atoms with E-state index in [1.165, 1.54) is 5.01 Å². The first-order valence-corrected chi connectivity index (χ1v) is 10.9. The summed E-state index contributed by atoms with van der Waals surface area (Å²) in [5, 5.41) is 9.19. The van der Waals surface area contributed by atoms with Crippen LogP contribution in [0.2, 0.25) is 0 Å². The average Bonchev–Trinajstić information content (AvgIpc) is 2.99. The summed E-state index contributed by atoms with van der Waals surface area (Å²) < 4.78 is 5.12. The van der Waals surface area contributed by atoms with Gasteiger partial charge in [-0.25, -0.2) is 5.01 Å². The fourth-order valence-corrected chi connectivity index (χ4v) is 4.51.